The molecule has 1 aromatic rings. The fourth-order valence-corrected chi connectivity index (χ4v) is 3.88. The van der Waals surface area contributed by atoms with E-state index in [9.17, 15) is 4.79 Å². The number of carbonyl (C=O) groups is 1. The normalized spacial score (nSPS) is 19.9. The molecule has 1 fully saturated rings. The van der Waals surface area contributed by atoms with Crippen LogP contribution in [0.3, 0.4) is 0 Å². The van der Waals surface area contributed by atoms with Gasteiger partial charge in [-0.15, -0.1) is 11.3 Å². The summed E-state index contributed by atoms with van der Waals surface area (Å²) in [5.74, 6) is 1.04. The molecule has 0 bridgehead atoms. The molecule has 1 aliphatic rings. The highest BCUT2D eigenvalue weighted by Crippen LogP contribution is 2.20. The van der Waals surface area contributed by atoms with Crippen molar-refractivity contribution < 1.29 is 4.79 Å². The SMILES string of the molecule is CCC(CC)C(=O)NC[C@@H]1CCCN(Cc2cccs2)C1. The smallest absolute Gasteiger partial charge is 0.223 e. The molecule has 1 aromatic heterocycles. The number of rotatable bonds is 7. The van der Waals surface area contributed by atoms with Gasteiger partial charge in [0.05, 0.1) is 0 Å². The van der Waals surface area contributed by atoms with Crippen LogP contribution in [-0.2, 0) is 11.3 Å². The molecule has 0 aliphatic carbocycles. The van der Waals surface area contributed by atoms with Crippen molar-refractivity contribution in [2.24, 2.45) is 11.8 Å². The first-order valence-corrected chi connectivity index (χ1v) is 9.13. The number of piperidine rings is 1. The summed E-state index contributed by atoms with van der Waals surface area (Å²) in [7, 11) is 0. The van der Waals surface area contributed by atoms with E-state index in [-0.39, 0.29) is 11.8 Å². The van der Waals surface area contributed by atoms with Crippen LogP contribution in [0.2, 0.25) is 0 Å². The van der Waals surface area contributed by atoms with Crippen molar-refractivity contribution in [3.05, 3.63) is 22.4 Å². The van der Waals surface area contributed by atoms with Crippen LogP contribution < -0.4 is 5.32 Å². The van der Waals surface area contributed by atoms with E-state index in [1.54, 1.807) is 0 Å². The Balaban J connectivity index is 1.75. The third-order valence-corrected chi connectivity index (χ3v) is 5.35. The van der Waals surface area contributed by atoms with E-state index in [1.807, 2.05) is 11.3 Å². The van der Waals surface area contributed by atoms with Gasteiger partial charge in [-0.1, -0.05) is 19.9 Å². The molecular weight excluding hydrogens is 280 g/mol. The van der Waals surface area contributed by atoms with Crippen LogP contribution in [0, 0.1) is 11.8 Å². The minimum Gasteiger partial charge on any atom is -0.356 e. The highest BCUT2D eigenvalue weighted by molar-refractivity contribution is 7.09. The van der Waals surface area contributed by atoms with Gasteiger partial charge in [0.2, 0.25) is 5.91 Å². The Kier molecular flexibility index (Phi) is 6.71. The molecule has 0 spiro atoms. The van der Waals surface area contributed by atoms with Gasteiger partial charge in [-0.3, -0.25) is 9.69 Å². The second kappa shape index (κ2) is 8.54. The molecule has 0 radical (unpaired) electrons. The van der Waals surface area contributed by atoms with Crippen molar-refractivity contribution >= 4 is 17.2 Å². The van der Waals surface area contributed by atoms with Crippen LogP contribution in [0.15, 0.2) is 17.5 Å². The van der Waals surface area contributed by atoms with E-state index in [2.05, 4.69) is 41.6 Å². The topological polar surface area (TPSA) is 32.3 Å². The van der Waals surface area contributed by atoms with Gasteiger partial charge >= 0.3 is 0 Å². The first-order valence-electron chi connectivity index (χ1n) is 8.25. The van der Waals surface area contributed by atoms with Gasteiger partial charge in [0, 0.05) is 30.4 Å². The number of nitrogens with zero attached hydrogens (tertiary/aromatic N) is 1. The predicted molar refractivity (Wildman–Crippen MR) is 89.4 cm³/mol. The van der Waals surface area contributed by atoms with Gasteiger partial charge in [-0.05, 0) is 49.6 Å². The summed E-state index contributed by atoms with van der Waals surface area (Å²) >= 11 is 1.83. The van der Waals surface area contributed by atoms with Crippen molar-refractivity contribution in [2.75, 3.05) is 19.6 Å². The molecule has 0 aromatic carbocycles. The zero-order valence-corrected chi connectivity index (χ0v) is 14.1. The molecule has 1 saturated heterocycles. The predicted octanol–water partition coefficient (Wildman–Crippen LogP) is 3.51. The van der Waals surface area contributed by atoms with E-state index in [0.717, 1.165) is 32.5 Å². The monoisotopic (exact) mass is 308 g/mol. The summed E-state index contributed by atoms with van der Waals surface area (Å²) in [6.45, 7) is 8.40. The molecule has 1 amide bonds. The molecule has 2 rings (SSSR count). The minimum absolute atomic E-state index is 0.191. The first-order chi connectivity index (χ1) is 10.2. The van der Waals surface area contributed by atoms with Crippen LogP contribution >= 0.6 is 11.3 Å². The molecule has 118 valence electrons. The number of nitrogens with one attached hydrogen (secondary N) is 1. The molecule has 1 N–H and O–H groups in total. The maximum absolute atomic E-state index is 12.1. The molecule has 1 aliphatic heterocycles. The molecule has 21 heavy (non-hydrogen) atoms. The Morgan fingerprint density at radius 3 is 2.95 bits per heavy atom. The fourth-order valence-electron chi connectivity index (χ4n) is 3.13. The molecule has 4 heteroatoms. The summed E-state index contributed by atoms with van der Waals surface area (Å²) in [5, 5.41) is 5.32. The highest BCUT2D eigenvalue weighted by atomic mass is 32.1. The lowest BCUT2D eigenvalue weighted by molar-refractivity contribution is -0.125. The van der Waals surface area contributed by atoms with Crippen LogP contribution in [0.4, 0.5) is 0 Å². The zero-order valence-electron chi connectivity index (χ0n) is 13.3. The van der Waals surface area contributed by atoms with Gasteiger partial charge in [-0.25, -0.2) is 0 Å². The van der Waals surface area contributed by atoms with E-state index in [1.165, 1.54) is 24.3 Å². The number of amides is 1. The number of thiophene rings is 1. The third-order valence-electron chi connectivity index (χ3n) is 4.48. The summed E-state index contributed by atoms with van der Waals surface area (Å²) in [4.78, 5) is 16.0. The van der Waals surface area contributed by atoms with Gasteiger partial charge in [-0.2, -0.15) is 0 Å². The van der Waals surface area contributed by atoms with Crippen LogP contribution in [0.5, 0.6) is 0 Å². The highest BCUT2D eigenvalue weighted by Gasteiger charge is 2.22. The molecule has 0 unspecified atom stereocenters. The third kappa shape index (κ3) is 5.11. The summed E-state index contributed by atoms with van der Waals surface area (Å²) in [6.07, 6.45) is 4.37. The Hall–Kier alpha value is -0.870. The largest absolute Gasteiger partial charge is 0.356 e. The van der Waals surface area contributed by atoms with Crippen molar-refractivity contribution in [3.8, 4) is 0 Å². The van der Waals surface area contributed by atoms with Crippen molar-refractivity contribution in [1.82, 2.24) is 10.2 Å². The van der Waals surface area contributed by atoms with Gasteiger partial charge in [0.15, 0.2) is 0 Å². The zero-order chi connectivity index (χ0) is 15.1. The Bertz CT molecular complexity index is 414. The molecule has 0 saturated carbocycles. The average molecular weight is 308 g/mol. The second-order valence-corrected chi connectivity index (χ2v) is 7.11. The number of carbonyl (C=O) groups excluding carboxylic acids is 1. The Labute approximate surface area is 132 Å². The van der Waals surface area contributed by atoms with E-state index in [4.69, 9.17) is 0 Å². The molecule has 3 nitrogen and oxygen atoms in total. The van der Waals surface area contributed by atoms with E-state index in [0.29, 0.717) is 5.92 Å². The fraction of sp³-hybridized carbons (Fsp3) is 0.706. The molecular formula is C17H28N2OS. The maximum atomic E-state index is 12.1. The summed E-state index contributed by atoms with van der Waals surface area (Å²) in [5.41, 5.74) is 0. The second-order valence-electron chi connectivity index (χ2n) is 6.08. The number of hydrogen-bond donors (Lipinski definition) is 1. The van der Waals surface area contributed by atoms with Crippen molar-refractivity contribution in [1.29, 1.82) is 0 Å². The lowest BCUT2D eigenvalue weighted by Crippen LogP contribution is -2.41. The summed E-state index contributed by atoms with van der Waals surface area (Å²) < 4.78 is 0. The average Bonchev–Trinajstić information content (AvgIpc) is 3.00. The minimum atomic E-state index is 0.191. The van der Waals surface area contributed by atoms with Crippen molar-refractivity contribution in [2.45, 2.75) is 46.1 Å². The van der Waals surface area contributed by atoms with Crippen LogP contribution in [0.25, 0.3) is 0 Å². The van der Waals surface area contributed by atoms with Gasteiger partial charge in [0.25, 0.3) is 0 Å². The van der Waals surface area contributed by atoms with E-state index >= 15 is 0 Å². The summed E-state index contributed by atoms with van der Waals surface area (Å²) in [6, 6.07) is 4.33. The van der Waals surface area contributed by atoms with Crippen LogP contribution in [-0.4, -0.2) is 30.4 Å². The quantitative estimate of drug-likeness (QED) is 0.836. The Morgan fingerprint density at radius 2 is 2.29 bits per heavy atom. The van der Waals surface area contributed by atoms with Crippen LogP contribution in [0.1, 0.15) is 44.4 Å². The van der Waals surface area contributed by atoms with E-state index < -0.39 is 0 Å². The lowest BCUT2D eigenvalue weighted by atomic mass is 9.97. The lowest BCUT2D eigenvalue weighted by Gasteiger charge is -2.32. The number of likely N-dealkylation sites (tertiary alicyclic amines) is 1. The molecule has 1 atom stereocenters. The maximum Gasteiger partial charge on any atom is 0.223 e. The van der Waals surface area contributed by atoms with Crippen molar-refractivity contribution in [3.63, 3.8) is 0 Å². The Morgan fingerprint density at radius 1 is 1.48 bits per heavy atom. The number of hydrogen-bond acceptors (Lipinski definition) is 3. The van der Waals surface area contributed by atoms with Gasteiger partial charge < -0.3 is 5.32 Å². The first kappa shape index (κ1) is 16.5. The standard InChI is InChI=1S/C17H28N2OS/c1-3-15(4-2)17(20)18-11-14-7-5-9-19(12-14)13-16-8-6-10-21-16/h6,8,10,14-15H,3-5,7,9,11-13H2,1-2H3,(H,18,20)/t14-/m0/s1. The molecule has 2 heterocycles. The van der Waals surface area contributed by atoms with Gasteiger partial charge in [0.1, 0.15) is 0 Å².